The van der Waals surface area contributed by atoms with E-state index in [2.05, 4.69) is 31.9 Å². The molecule has 0 unspecified atom stereocenters. The van der Waals surface area contributed by atoms with Crippen LogP contribution in [0, 0.1) is 0 Å². The molecule has 1 heterocycles. The van der Waals surface area contributed by atoms with Crippen molar-refractivity contribution in [2.24, 2.45) is 0 Å². The third kappa shape index (κ3) is 3.84. The lowest BCUT2D eigenvalue weighted by atomic mass is 10.3. The summed E-state index contributed by atoms with van der Waals surface area (Å²) in [6, 6.07) is 9.14. The van der Waals surface area contributed by atoms with Gasteiger partial charge in [-0.2, -0.15) is 0 Å². The van der Waals surface area contributed by atoms with Crippen molar-refractivity contribution < 1.29 is 4.74 Å². The maximum absolute atomic E-state index is 11.8. The van der Waals surface area contributed by atoms with E-state index in [1.54, 1.807) is 12.3 Å². The highest BCUT2D eigenvalue weighted by Crippen LogP contribution is 2.17. The predicted octanol–water partition coefficient (Wildman–Crippen LogP) is 3.03. The van der Waals surface area contributed by atoms with Crippen LogP contribution in [-0.4, -0.2) is 11.2 Å². The van der Waals surface area contributed by atoms with Crippen LogP contribution in [0.5, 0.6) is 5.75 Å². The third-order valence-electron chi connectivity index (χ3n) is 2.46. The number of hydrogen-bond acceptors (Lipinski definition) is 3. The standard InChI is InChI=1S/C13H12Br2N2O2/c14-9-2-1-3-11(6-9)19-5-4-17-8-10(16)7-12(15)13(17)18/h1-3,6-8H,4-5,16H2. The van der Waals surface area contributed by atoms with Gasteiger partial charge in [0.2, 0.25) is 0 Å². The van der Waals surface area contributed by atoms with Crippen LogP contribution < -0.4 is 16.0 Å². The summed E-state index contributed by atoms with van der Waals surface area (Å²) < 4.78 is 8.51. The molecule has 0 amide bonds. The summed E-state index contributed by atoms with van der Waals surface area (Å²) in [7, 11) is 0. The molecule has 0 fully saturated rings. The van der Waals surface area contributed by atoms with E-state index in [1.807, 2.05) is 24.3 Å². The summed E-state index contributed by atoms with van der Waals surface area (Å²) in [5.41, 5.74) is 6.11. The molecule has 0 saturated heterocycles. The molecule has 0 atom stereocenters. The van der Waals surface area contributed by atoms with Gasteiger partial charge in [-0.1, -0.05) is 22.0 Å². The molecule has 2 rings (SSSR count). The maximum atomic E-state index is 11.8. The van der Waals surface area contributed by atoms with Crippen LogP contribution in [0.15, 0.2) is 50.3 Å². The first kappa shape index (κ1) is 14.1. The van der Waals surface area contributed by atoms with Gasteiger partial charge < -0.3 is 15.0 Å². The number of aromatic nitrogens is 1. The average molecular weight is 388 g/mol. The number of nitrogens with zero attached hydrogens (tertiary/aromatic N) is 1. The third-order valence-corrected chi connectivity index (χ3v) is 3.52. The van der Waals surface area contributed by atoms with E-state index >= 15 is 0 Å². The maximum Gasteiger partial charge on any atom is 0.265 e. The Kier molecular flexibility index (Phi) is 4.66. The lowest BCUT2D eigenvalue weighted by Crippen LogP contribution is -2.23. The fourth-order valence-electron chi connectivity index (χ4n) is 1.61. The predicted molar refractivity (Wildman–Crippen MR) is 82.5 cm³/mol. The van der Waals surface area contributed by atoms with Crippen LogP contribution >= 0.6 is 31.9 Å². The minimum absolute atomic E-state index is 0.118. The summed E-state index contributed by atoms with van der Waals surface area (Å²) >= 11 is 6.55. The molecule has 0 saturated carbocycles. The second-order valence-corrected chi connectivity index (χ2v) is 5.70. The number of ether oxygens (including phenoxy) is 1. The first-order chi connectivity index (χ1) is 9.06. The second-order valence-electron chi connectivity index (χ2n) is 3.93. The molecule has 6 heteroatoms. The Balaban J connectivity index is 2.02. The van der Waals surface area contributed by atoms with Gasteiger partial charge in [0, 0.05) is 16.4 Å². The van der Waals surface area contributed by atoms with Crippen molar-refractivity contribution in [1.29, 1.82) is 0 Å². The van der Waals surface area contributed by atoms with E-state index in [9.17, 15) is 4.79 Å². The largest absolute Gasteiger partial charge is 0.492 e. The normalized spacial score (nSPS) is 10.4. The van der Waals surface area contributed by atoms with Crippen molar-refractivity contribution >= 4 is 37.5 Å². The number of rotatable bonds is 4. The molecule has 2 N–H and O–H groups in total. The van der Waals surface area contributed by atoms with Crippen molar-refractivity contribution in [3.05, 3.63) is 55.8 Å². The average Bonchev–Trinajstić information content (AvgIpc) is 2.35. The highest BCUT2D eigenvalue weighted by Gasteiger charge is 2.03. The number of pyridine rings is 1. The Labute approximate surface area is 127 Å². The summed E-state index contributed by atoms with van der Waals surface area (Å²) in [5, 5.41) is 0. The Morgan fingerprint density at radius 3 is 2.79 bits per heavy atom. The fourth-order valence-corrected chi connectivity index (χ4v) is 2.48. The highest BCUT2D eigenvalue weighted by atomic mass is 79.9. The van der Waals surface area contributed by atoms with Crippen LogP contribution in [0.25, 0.3) is 0 Å². The van der Waals surface area contributed by atoms with E-state index in [0.717, 1.165) is 10.2 Å². The monoisotopic (exact) mass is 386 g/mol. The second kappa shape index (κ2) is 6.25. The molecule has 2 aromatic rings. The number of halogens is 2. The first-order valence-corrected chi connectivity index (χ1v) is 7.18. The SMILES string of the molecule is Nc1cc(Br)c(=O)n(CCOc2cccc(Br)c2)c1. The molecule has 1 aromatic carbocycles. The molecular formula is C13H12Br2N2O2. The summed E-state index contributed by atoms with van der Waals surface area (Å²) in [4.78, 5) is 11.8. The van der Waals surface area contributed by atoms with E-state index < -0.39 is 0 Å². The minimum Gasteiger partial charge on any atom is -0.492 e. The number of nitrogen functional groups attached to an aromatic ring is 1. The van der Waals surface area contributed by atoms with Crippen molar-refractivity contribution in [3.63, 3.8) is 0 Å². The smallest absolute Gasteiger partial charge is 0.265 e. The van der Waals surface area contributed by atoms with Crippen molar-refractivity contribution in [2.45, 2.75) is 6.54 Å². The molecule has 0 spiro atoms. The number of hydrogen-bond donors (Lipinski definition) is 1. The highest BCUT2D eigenvalue weighted by molar-refractivity contribution is 9.10. The lowest BCUT2D eigenvalue weighted by Gasteiger charge is -2.09. The van der Waals surface area contributed by atoms with Crippen LogP contribution in [0.4, 0.5) is 5.69 Å². The van der Waals surface area contributed by atoms with E-state index in [1.165, 1.54) is 4.57 Å². The first-order valence-electron chi connectivity index (χ1n) is 5.60. The summed E-state index contributed by atoms with van der Waals surface area (Å²) in [6.45, 7) is 0.835. The van der Waals surface area contributed by atoms with Crippen LogP contribution in [0.3, 0.4) is 0 Å². The molecule has 0 aliphatic carbocycles. The van der Waals surface area contributed by atoms with Gasteiger partial charge in [0.05, 0.1) is 11.0 Å². The molecule has 0 radical (unpaired) electrons. The molecular weight excluding hydrogens is 376 g/mol. The van der Waals surface area contributed by atoms with Crippen LogP contribution in [0.1, 0.15) is 0 Å². The van der Waals surface area contributed by atoms with Gasteiger partial charge in [-0.3, -0.25) is 4.79 Å². The van der Waals surface area contributed by atoms with Gasteiger partial charge in [0.15, 0.2) is 0 Å². The van der Waals surface area contributed by atoms with Gasteiger partial charge in [0.25, 0.3) is 5.56 Å². The van der Waals surface area contributed by atoms with Gasteiger partial charge in [0.1, 0.15) is 12.4 Å². The Bertz CT molecular complexity index is 641. The molecule has 1 aromatic heterocycles. The molecule has 0 aliphatic rings. The Morgan fingerprint density at radius 1 is 1.26 bits per heavy atom. The number of anilines is 1. The number of nitrogens with two attached hydrogens (primary N) is 1. The zero-order chi connectivity index (χ0) is 13.8. The molecule has 100 valence electrons. The molecule has 19 heavy (non-hydrogen) atoms. The molecule has 0 aliphatic heterocycles. The molecule has 4 nitrogen and oxygen atoms in total. The summed E-state index contributed by atoms with van der Waals surface area (Å²) in [6.07, 6.45) is 1.61. The van der Waals surface area contributed by atoms with E-state index in [4.69, 9.17) is 10.5 Å². The fraction of sp³-hybridized carbons (Fsp3) is 0.154. The van der Waals surface area contributed by atoms with Gasteiger partial charge >= 0.3 is 0 Å². The van der Waals surface area contributed by atoms with Crippen LogP contribution in [0.2, 0.25) is 0 Å². The van der Waals surface area contributed by atoms with Gasteiger partial charge in [-0.15, -0.1) is 0 Å². The Morgan fingerprint density at radius 2 is 2.05 bits per heavy atom. The zero-order valence-electron chi connectivity index (χ0n) is 9.98. The Hall–Kier alpha value is -1.27. The van der Waals surface area contributed by atoms with Crippen molar-refractivity contribution in [2.75, 3.05) is 12.3 Å². The van der Waals surface area contributed by atoms with Gasteiger partial charge in [-0.25, -0.2) is 0 Å². The van der Waals surface area contributed by atoms with Crippen molar-refractivity contribution in [3.8, 4) is 5.75 Å². The van der Waals surface area contributed by atoms with Crippen LogP contribution in [-0.2, 0) is 6.54 Å². The quantitative estimate of drug-likeness (QED) is 0.877. The topological polar surface area (TPSA) is 57.2 Å². The van der Waals surface area contributed by atoms with Crippen molar-refractivity contribution in [1.82, 2.24) is 4.57 Å². The zero-order valence-corrected chi connectivity index (χ0v) is 13.1. The molecule has 0 bridgehead atoms. The lowest BCUT2D eigenvalue weighted by molar-refractivity contribution is 0.296. The minimum atomic E-state index is -0.118. The number of benzene rings is 1. The van der Waals surface area contributed by atoms with E-state index in [-0.39, 0.29) is 5.56 Å². The van der Waals surface area contributed by atoms with E-state index in [0.29, 0.717) is 23.3 Å². The van der Waals surface area contributed by atoms with Gasteiger partial charge in [-0.05, 0) is 40.2 Å². The summed E-state index contributed by atoms with van der Waals surface area (Å²) in [5.74, 6) is 0.755.